The Hall–Kier alpha value is 0.240. The minimum absolute atomic E-state index is 0.0494. The highest BCUT2D eigenvalue weighted by atomic mass is 79.9. The van der Waals surface area contributed by atoms with E-state index in [4.69, 9.17) is 11.6 Å². The highest BCUT2D eigenvalue weighted by molar-refractivity contribution is 9.09. The van der Waals surface area contributed by atoms with E-state index in [1.54, 1.807) is 6.92 Å². The molecule has 0 amide bonds. The van der Waals surface area contributed by atoms with Crippen LogP contribution in [0.1, 0.15) is 6.92 Å². The zero-order valence-corrected chi connectivity index (χ0v) is 7.57. The molecule has 9 heavy (non-hydrogen) atoms. The number of hydrogen-bond donors (Lipinski definition) is 0. The van der Waals surface area contributed by atoms with Crippen molar-refractivity contribution in [2.75, 3.05) is 7.11 Å². The van der Waals surface area contributed by atoms with Gasteiger partial charge in [-0.15, -0.1) is 11.6 Å². The number of hydrogen-bond acceptors (Lipinski definition) is 2. The lowest BCUT2D eigenvalue weighted by Gasteiger charge is -2.07. The number of ether oxygens (including phenoxy) is 1. The number of carbonyl (C=O) groups is 1. The van der Waals surface area contributed by atoms with Gasteiger partial charge in [0.25, 0.3) is 0 Å². The van der Waals surface area contributed by atoms with E-state index in [0.717, 1.165) is 0 Å². The second-order valence-corrected chi connectivity index (χ2v) is 3.52. The van der Waals surface area contributed by atoms with Crippen molar-refractivity contribution >= 4 is 33.5 Å². The number of esters is 1. The van der Waals surface area contributed by atoms with Gasteiger partial charge in [0.1, 0.15) is 5.38 Å². The normalized spacial score (nSPS) is 16.4. The molecule has 0 aromatic rings. The summed E-state index contributed by atoms with van der Waals surface area (Å²) < 4.78 is 4.37. The standard InChI is InChI=1S/C5H8BrClO2/c1-3(6)4(7)5(8)9-2/h3-4H,1-2H3/t3-,4-/m0/s1. The van der Waals surface area contributed by atoms with Crippen molar-refractivity contribution < 1.29 is 9.53 Å². The topological polar surface area (TPSA) is 26.3 Å². The van der Waals surface area contributed by atoms with Gasteiger partial charge in [-0.05, 0) is 0 Å². The number of halogens is 2. The van der Waals surface area contributed by atoms with Crippen LogP contribution in [0.2, 0.25) is 0 Å². The van der Waals surface area contributed by atoms with E-state index in [0.29, 0.717) is 0 Å². The number of alkyl halides is 2. The Bertz CT molecular complexity index is 105. The van der Waals surface area contributed by atoms with E-state index in [-0.39, 0.29) is 4.83 Å². The van der Waals surface area contributed by atoms with Gasteiger partial charge in [0.15, 0.2) is 0 Å². The van der Waals surface area contributed by atoms with Gasteiger partial charge in [-0.25, -0.2) is 0 Å². The molecule has 0 aliphatic heterocycles. The van der Waals surface area contributed by atoms with Crippen molar-refractivity contribution in [1.29, 1.82) is 0 Å². The fourth-order valence-electron chi connectivity index (χ4n) is 0.300. The lowest BCUT2D eigenvalue weighted by atomic mass is 10.3. The molecule has 4 heteroatoms. The molecule has 0 aromatic heterocycles. The van der Waals surface area contributed by atoms with Gasteiger partial charge in [-0.3, -0.25) is 4.79 Å². The monoisotopic (exact) mass is 214 g/mol. The zero-order valence-electron chi connectivity index (χ0n) is 5.23. The highest BCUT2D eigenvalue weighted by Gasteiger charge is 2.20. The Morgan fingerprint density at radius 2 is 2.22 bits per heavy atom. The predicted octanol–water partition coefficient (Wildman–Crippen LogP) is 1.55. The molecule has 0 rings (SSSR count). The average molecular weight is 215 g/mol. The van der Waals surface area contributed by atoms with Crippen LogP contribution in [-0.2, 0) is 9.53 Å². The van der Waals surface area contributed by atoms with E-state index in [1.807, 2.05) is 0 Å². The van der Waals surface area contributed by atoms with Crippen LogP contribution >= 0.6 is 27.5 Å². The van der Waals surface area contributed by atoms with E-state index in [1.165, 1.54) is 7.11 Å². The molecule has 0 aromatic carbocycles. The van der Waals surface area contributed by atoms with Crippen molar-refractivity contribution in [2.24, 2.45) is 0 Å². The van der Waals surface area contributed by atoms with Crippen LogP contribution in [0.15, 0.2) is 0 Å². The molecule has 2 atom stereocenters. The van der Waals surface area contributed by atoms with Gasteiger partial charge in [-0.1, -0.05) is 22.9 Å². The molecule has 54 valence electrons. The molecular weight excluding hydrogens is 207 g/mol. The fraction of sp³-hybridized carbons (Fsp3) is 0.800. The summed E-state index contributed by atoms with van der Waals surface area (Å²) in [6.45, 7) is 1.79. The Morgan fingerprint density at radius 1 is 1.78 bits per heavy atom. The SMILES string of the molecule is COC(=O)[C@@H](Cl)[C@H](C)Br. The summed E-state index contributed by atoms with van der Waals surface area (Å²) in [5.41, 5.74) is 0. The smallest absolute Gasteiger partial charge is 0.324 e. The second kappa shape index (κ2) is 4.12. The fourth-order valence-corrected chi connectivity index (χ4v) is 0.605. The van der Waals surface area contributed by atoms with E-state index >= 15 is 0 Å². The Balaban J connectivity index is 3.72. The molecule has 0 spiro atoms. The molecule has 0 saturated carbocycles. The molecule has 0 radical (unpaired) electrons. The van der Waals surface area contributed by atoms with E-state index in [2.05, 4.69) is 20.7 Å². The highest BCUT2D eigenvalue weighted by Crippen LogP contribution is 2.11. The van der Waals surface area contributed by atoms with E-state index < -0.39 is 11.3 Å². The van der Waals surface area contributed by atoms with Gasteiger partial charge in [0.05, 0.1) is 7.11 Å². The second-order valence-electron chi connectivity index (χ2n) is 1.60. The van der Waals surface area contributed by atoms with Crippen LogP contribution in [0.4, 0.5) is 0 Å². The van der Waals surface area contributed by atoms with Gasteiger partial charge in [0.2, 0.25) is 0 Å². The quantitative estimate of drug-likeness (QED) is 0.516. The van der Waals surface area contributed by atoms with Crippen LogP contribution < -0.4 is 0 Å². The molecule has 0 N–H and O–H groups in total. The summed E-state index contributed by atoms with van der Waals surface area (Å²) in [6, 6.07) is 0. The maximum absolute atomic E-state index is 10.6. The van der Waals surface area contributed by atoms with Gasteiger partial charge in [0, 0.05) is 4.83 Å². The molecule has 0 heterocycles. The third-order valence-electron chi connectivity index (χ3n) is 0.830. The van der Waals surface area contributed by atoms with Gasteiger partial charge in [-0.2, -0.15) is 0 Å². The lowest BCUT2D eigenvalue weighted by Crippen LogP contribution is -2.23. The summed E-state index contributed by atoms with van der Waals surface area (Å²) >= 11 is 8.69. The van der Waals surface area contributed by atoms with Crippen LogP contribution in [0, 0.1) is 0 Å². The molecule has 0 bridgehead atoms. The van der Waals surface area contributed by atoms with Crippen LogP contribution in [0.25, 0.3) is 0 Å². The average Bonchev–Trinajstić information content (AvgIpc) is 1.84. The summed E-state index contributed by atoms with van der Waals surface area (Å²) in [4.78, 5) is 10.5. The summed E-state index contributed by atoms with van der Waals surface area (Å²) in [5.74, 6) is -0.402. The number of methoxy groups -OCH3 is 1. The maximum atomic E-state index is 10.6. The first kappa shape index (κ1) is 9.24. The van der Waals surface area contributed by atoms with Crippen molar-refractivity contribution in [1.82, 2.24) is 0 Å². The van der Waals surface area contributed by atoms with Crippen molar-refractivity contribution in [3.63, 3.8) is 0 Å². The third kappa shape index (κ3) is 3.06. The van der Waals surface area contributed by atoms with Gasteiger partial charge >= 0.3 is 5.97 Å². The maximum Gasteiger partial charge on any atom is 0.324 e. The summed E-state index contributed by atoms with van der Waals surface area (Å²) in [7, 11) is 1.31. The molecule has 0 saturated heterocycles. The molecular formula is C5H8BrClO2. The minimum atomic E-state index is -0.588. The van der Waals surface area contributed by atoms with Gasteiger partial charge < -0.3 is 4.74 Å². The third-order valence-corrected chi connectivity index (χ3v) is 2.22. The summed E-state index contributed by atoms with van der Waals surface area (Å²) in [5, 5.41) is -0.588. The van der Waals surface area contributed by atoms with Crippen molar-refractivity contribution in [2.45, 2.75) is 17.1 Å². The molecule has 2 nitrogen and oxygen atoms in total. The Labute approximate surface area is 67.6 Å². The van der Waals surface area contributed by atoms with Crippen LogP contribution in [0.5, 0.6) is 0 Å². The number of rotatable bonds is 2. The Morgan fingerprint density at radius 3 is 2.33 bits per heavy atom. The van der Waals surface area contributed by atoms with Crippen LogP contribution in [0.3, 0.4) is 0 Å². The minimum Gasteiger partial charge on any atom is -0.468 e. The molecule has 0 unspecified atom stereocenters. The lowest BCUT2D eigenvalue weighted by molar-refractivity contribution is -0.140. The van der Waals surface area contributed by atoms with Crippen molar-refractivity contribution in [3.8, 4) is 0 Å². The predicted molar refractivity (Wildman–Crippen MR) is 40.0 cm³/mol. The molecule has 0 fully saturated rings. The Kier molecular flexibility index (Phi) is 4.23. The summed E-state index contributed by atoms with van der Waals surface area (Å²) in [6.07, 6.45) is 0. The zero-order chi connectivity index (χ0) is 7.44. The van der Waals surface area contributed by atoms with E-state index in [9.17, 15) is 4.79 Å². The number of carbonyl (C=O) groups excluding carboxylic acids is 1. The first-order valence-corrected chi connectivity index (χ1v) is 3.80. The molecule has 0 aliphatic rings. The van der Waals surface area contributed by atoms with Crippen molar-refractivity contribution in [3.05, 3.63) is 0 Å². The molecule has 0 aliphatic carbocycles. The largest absolute Gasteiger partial charge is 0.468 e. The first-order chi connectivity index (χ1) is 4.09. The van der Waals surface area contributed by atoms with Crippen LogP contribution in [-0.4, -0.2) is 23.3 Å². The first-order valence-electron chi connectivity index (χ1n) is 2.45.